The van der Waals surface area contributed by atoms with Crippen LogP contribution in [-0.2, 0) is 7.05 Å². The van der Waals surface area contributed by atoms with Crippen LogP contribution in [0.1, 0.15) is 5.56 Å². The molecule has 0 fully saturated rings. The topological polar surface area (TPSA) is 17.8 Å². The molecule has 2 aromatic rings. The Morgan fingerprint density at radius 3 is 2.92 bits per heavy atom. The SMILES string of the molecule is Cc1ccc2c(Br)nn(C)c2c1. The molecule has 0 spiro atoms. The van der Waals surface area contributed by atoms with Crippen LogP contribution in [0, 0.1) is 6.92 Å². The first-order chi connectivity index (χ1) is 5.68. The van der Waals surface area contributed by atoms with Crippen LogP contribution in [0.25, 0.3) is 10.9 Å². The van der Waals surface area contributed by atoms with Gasteiger partial charge in [0, 0.05) is 12.4 Å². The van der Waals surface area contributed by atoms with E-state index in [9.17, 15) is 0 Å². The zero-order valence-corrected chi connectivity index (χ0v) is 8.59. The van der Waals surface area contributed by atoms with Crippen molar-refractivity contribution in [1.29, 1.82) is 0 Å². The zero-order valence-electron chi connectivity index (χ0n) is 7.00. The lowest BCUT2D eigenvalue weighted by atomic mass is 10.2. The van der Waals surface area contributed by atoms with Crippen molar-refractivity contribution < 1.29 is 0 Å². The molecule has 62 valence electrons. The quantitative estimate of drug-likeness (QED) is 0.673. The van der Waals surface area contributed by atoms with Gasteiger partial charge in [0.15, 0.2) is 0 Å². The third-order valence-electron chi connectivity index (χ3n) is 1.96. The minimum Gasteiger partial charge on any atom is -0.267 e. The molecule has 0 aliphatic heterocycles. The molecule has 0 aliphatic rings. The fourth-order valence-electron chi connectivity index (χ4n) is 1.32. The van der Waals surface area contributed by atoms with Crippen LogP contribution < -0.4 is 0 Å². The summed E-state index contributed by atoms with van der Waals surface area (Å²) in [4.78, 5) is 0. The average molecular weight is 225 g/mol. The summed E-state index contributed by atoms with van der Waals surface area (Å²) in [7, 11) is 1.95. The van der Waals surface area contributed by atoms with Crippen LogP contribution in [-0.4, -0.2) is 9.78 Å². The van der Waals surface area contributed by atoms with Gasteiger partial charge in [-0.1, -0.05) is 6.07 Å². The van der Waals surface area contributed by atoms with E-state index in [1.54, 1.807) is 0 Å². The Kier molecular flexibility index (Phi) is 1.68. The number of halogens is 1. The fraction of sp³-hybridized carbons (Fsp3) is 0.222. The van der Waals surface area contributed by atoms with Crippen LogP contribution in [0.5, 0.6) is 0 Å². The maximum absolute atomic E-state index is 4.26. The summed E-state index contributed by atoms with van der Waals surface area (Å²) in [5.74, 6) is 0. The van der Waals surface area contributed by atoms with Gasteiger partial charge in [-0.3, -0.25) is 4.68 Å². The molecule has 0 saturated carbocycles. The first kappa shape index (κ1) is 7.80. The molecule has 1 aromatic heterocycles. The van der Waals surface area contributed by atoms with E-state index in [2.05, 4.69) is 46.2 Å². The number of rotatable bonds is 0. The van der Waals surface area contributed by atoms with E-state index in [0.717, 1.165) is 4.60 Å². The van der Waals surface area contributed by atoms with Crippen molar-refractivity contribution in [2.45, 2.75) is 6.92 Å². The Morgan fingerprint density at radius 1 is 1.42 bits per heavy atom. The number of fused-ring (bicyclic) bond motifs is 1. The van der Waals surface area contributed by atoms with E-state index in [4.69, 9.17) is 0 Å². The highest BCUT2D eigenvalue weighted by Crippen LogP contribution is 2.22. The van der Waals surface area contributed by atoms with Crippen LogP contribution in [0.15, 0.2) is 22.8 Å². The normalized spacial score (nSPS) is 10.9. The van der Waals surface area contributed by atoms with Gasteiger partial charge in [-0.25, -0.2) is 0 Å². The van der Waals surface area contributed by atoms with Gasteiger partial charge < -0.3 is 0 Å². The molecule has 1 heterocycles. The molecule has 0 radical (unpaired) electrons. The van der Waals surface area contributed by atoms with Crippen molar-refractivity contribution in [1.82, 2.24) is 9.78 Å². The molecule has 1 aromatic carbocycles. The third kappa shape index (κ3) is 1.05. The summed E-state index contributed by atoms with van der Waals surface area (Å²) < 4.78 is 2.80. The number of aryl methyl sites for hydroxylation is 2. The summed E-state index contributed by atoms with van der Waals surface area (Å²) >= 11 is 3.41. The molecule has 0 N–H and O–H groups in total. The molecule has 0 atom stereocenters. The van der Waals surface area contributed by atoms with Gasteiger partial charge in [0.05, 0.1) is 5.52 Å². The number of nitrogens with zero attached hydrogens (tertiary/aromatic N) is 2. The molecule has 0 amide bonds. The lowest BCUT2D eigenvalue weighted by Gasteiger charge is -1.94. The number of hydrogen-bond donors (Lipinski definition) is 0. The molecule has 0 saturated heterocycles. The molecule has 2 rings (SSSR count). The largest absolute Gasteiger partial charge is 0.267 e. The predicted octanol–water partition coefficient (Wildman–Crippen LogP) is 2.64. The minimum absolute atomic E-state index is 0.917. The summed E-state index contributed by atoms with van der Waals surface area (Å²) in [6.07, 6.45) is 0. The van der Waals surface area contributed by atoms with Crippen LogP contribution in [0.2, 0.25) is 0 Å². The van der Waals surface area contributed by atoms with Crippen molar-refractivity contribution in [3.63, 3.8) is 0 Å². The highest BCUT2D eigenvalue weighted by molar-refractivity contribution is 9.10. The van der Waals surface area contributed by atoms with E-state index in [0.29, 0.717) is 0 Å². The summed E-state index contributed by atoms with van der Waals surface area (Å²) in [5.41, 5.74) is 2.43. The molecule has 0 bridgehead atoms. The summed E-state index contributed by atoms with van der Waals surface area (Å²) in [6, 6.07) is 6.31. The van der Waals surface area contributed by atoms with Gasteiger partial charge in [0.25, 0.3) is 0 Å². The van der Waals surface area contributed by atoms with E-state index in [-0.39, 0.29) is 0 Å². The zero-order chi connectivity index (χ0) is 8.72. The molecule has 2 nitrogen and oxygen atoms in total. The molecule has 0 aliphatic carbocycles. The summed E-state index contributed by atoms with van der Waals surface area (Å²) in [5, 5.41) is 5.43. The first-order valence-corrected chi connectivity index (χ1v) is 4.56. The lowest BCUT2D eigenvalue weighted by molar-refractivity contribution is 0.788. The van der Waals surface area contributed by atoms with Gasteiger partial charge in [-0.2, -0.15) is 5.10 Å². The van der Waals surface area contributed by atoms with E-state index in [1.165, 1.54) is 16.5 Å². The highest BCUT2D eigenvalue weighted by Gasteiger charge is 2.04. The van der Waals surface area contributed by atoms with E-state index >= 15 is 0 Å². The fourth-order valence-corrected chi connectivity index (χ4v) is 1.90. The highest BCUT2D eigenvalue weighted by atomic mass is 79.9. The standard InChI is InChI=1S/C9H9BrN2/c1-6-3-4-7-8(5-6)12(2)11-9(7)10/h3-5H,1-2H3. The van der Waals surface area contributed by atoms with Crippen molar-refractivity contribution in [3.8, 4) is 0 Å². The van der Waals surface area contributed by atoms with Crippen molar-refractivity contribution >= 4 is 26.8 Å². The number of hydrogen-bond acceptors (Lipinski definition) is 1. The predicted molar refractivity (Wildman–Crippen MR) is 53.2 cm³/mol. The summed E-state index contributed by atoms with van der Waals surface area (Å²) in [6.45, 7) is 2.08. The van der Waals surface area contributed by atoms with Crippen molar-refractivity contribution in [2.24, 2.45) is 7.05 Å². The Labute approximate surface area is 79.3 Å². The van der Waals surface area contributed by atoms with Gasteiger partial charge in [0.2, 0.25) is 0 Å². The molecular formula is C9H9BrN2. The second-order valence-corrected chi connectivity index (χ2v) is 3.69. The monoisotopic (exact) mass is 224 g/mol. The Morgan fingerprint density at radius 2 is 2.17 bits per heavy atom. The number of benzene rings is 1. The van der Waals surface area contributed by atoms with Crippen molar-refractivity contribution in [2.75, 3.05) is 0 Å². The first-order valence-electron chi connectivity index (χ1n) is 3.77. The lowest BCUT2D eigenvalue weighted by Crippen LogP contribution is -1.88. The van der Waals surface area contributed by atoms with Crippen molar-refractivity contribution in [3.05, 3.63) is 28.4 Å². The van der Waals surface area contributed by atoms with Crippen LogP contribution >= 0.6 is 15.9 Å². The van der Waals surface area contributed by atoms with Crippen LogP contribution in [0.4, 0.5) is 0 Å². The molecule has 3 heteroatoms. The Balaban J connectivity index is 2.90. The maximum Gasteiger partial charge on any atom is 0.135 e. The Bertz CT molecular complexity index is 431. The van der Waals surface area contributed by atoms with Gasteiger partial charge in [0.1, 0.15) is 4.60 Å². The molecule has 12 heavy (non-hydrogen) atoms. The molecular weight excluding hydrogens is 216 g/mol. The second kappa shape index (κ2) is 2.59. The van der Waals surface area contributed by atoms with Gasteiger partial charge in [-0.05, 0) is 40.5 Å². The Hall–Kier alpha value is -0.830. The van der Waals surface area contributed by atoms with Gasteiger partial charge in [-0.15, -0.1) is 0 Å². The smallest absolute Gasteiger partial charge is 0.135 e. The number of aromatic nitrogens is 2. The average Bonchev–Trinajstić information content (AvgIpc) is 2.28. The van der Waals surface area contributed by atoms with E-state index < -0.39 is 0 Å². The van der Waals surface area contributed by atoms with Crippen LogP contribution in [0.3, 0.4) is 0 Å². The minimum atomic E-state index is 0.917. The molecule has 0 unspecified atom stereocenters. The van der Waals surface area contributed by atoms with Gasteiger partial charge >= 0.3 is 0 Å². The third-order valence-corrected chi connectivity index (χ3v) is 2.55. The second-order valence-electron chi connectivity index (χ2n) is 2.94. The maximum atomic E-state index is 4.26. The van der Waals surface area contributed by atoms with E-state index in [1.807, 2.05) is 11.7 Å².